The summed E-state index contributed by atoms with van der Waals surface area (Å²) >= 11 is 0. The maximum Gasteiger partial charge on any atom is 0.240 e. The summed E-state index contributed by atoms with van der Waals surface area (Å²) in [5.41, 5.74) is 5.65. The van der Waals surface area contributed by atoms with E-state index in [0.717, 1.165) is 44.6 Å². The highest BCUT2D eigenvalue weighted by Crippen LogP contribution is 2.34. The van der Waals surface area contributed by atoms with E-state index in [-0.39, 0.29) is 11.4 Å². The molecule has 0 spiro atoms. The molecule has 0 aliphatic carbocycles. The van der Waals surface area contributed by atoms with Crippen molar-refractivity contribution in [3.8, 4) is 0 Å². The Balaban J connectivity index is 2.34. The van der Waals surface area contributed by atoms with Gasteiger partial charge in [0.05, 0.1) is 0 Å². The number of piperidine rings is 1. The molecule has 2 heterocycles. The molecule has 1 aromatic rings. The lowest BCUT2D eigenvalue weighted by Crippen LogP contribution is -2.46. The van der Waals surface area contributed by atoms with Crippen molar-refractivity contribution in [1.82, 2.24) is 20.2 Å². The Morgan fingerprint density at radius 1 is 1.50 bits per heavy atom. The molecule has 6 heteroatoms. The molecule has 0 radical (unpaired) electrons. The number of hydrogen-bond donors (Lipinski definition) is 3. The monoisotopic (exact) mass is 224 g/mol. The molecule has 1 aliphatic rings. The van der Waals surface area contributed by atoms with Crippen molar-refractivity contribution >= 4 is 5.95 Å². The van der Waals surface area contributed by atoms with Crippen LogP contribution in [0.5, 0.6) is 0 Å². The van der Waals surface area contributed by atoms with Gasteiger partial charge in [0, 0.05) is 12.0 Å². The largest absolute Gasteiger partial charge is 0.366 e. The molecule has 1 saturated heterocycles. The summed E-state index contributed by atoms with van der Waals surface area (Å²) in [4.78, 5) is 0. The Hall–Kier alpha value is -1.30. The average molecular weight is 224 g/mol. The number of nitrogens with two attached hydrogens (primary N) is 2. The number of rotatable bonds is 3. The summed E-state index contributed by atoms with van der Waals surface area (Å²) in [7, 11) is 0. The van der Waals surface area contributed by atoms with Crippen LogP contribution in [-0.4, -0.2) is 28.0 Å². The quantitative estimate of drug-likeness (QED) is 0.628. The third-order valence-corrected chi connectivity index (χ3v) is 3.40. The van der Waals surface area contributed by atoms with Crippen LogP contribution in [0.4, 0.5) is 5.95 Å². The van der Waals surface area contributed by atoms with Gasteiger partial charge in [0.2, 0.25) is 5.95 Å². The van der Waals surface area contributed by atoms with Crippen molar-refractivity contribution in [2.75, 3.05) is 24.7 Å². The third-order valence-electron chi connectivity index (χ3n) is 3.40. The Kier molecular flexibility index (Phi) is 3.00. The normalized spacial score (nSPS) is 25.8. The van der Waals surface area contributed by atoms with Crippen LogP contribution >= 0.6 is 0 Å². The number of nitrogens with one attached hydrogen (secondary N) is 1. The van der Waals surface area contributed by atoms with E-state index in [1.165, 1.54) is 4.68 Å². The standard InChI is InChI=1S/C10H20N6/c1-2-4-10(5-3-6-13-7-10)8-14-15-9(11)16(8)12/h13H,2-7,12H2,1H3,(H2,11,15). The molecular weight excluding hydrogens is 204 g/mol. The van der Waals surface area contributed by atoms with Gasteiger partial charge in [0.15, 0.2) is 5.82 Å². The maximum absolute atomic E-state index is 5.89. The van der Waals surface area contributed by atoms with Crippen LogP contribution in [0.3, 0.4) is 0 Å². The molecule has 0 aromatic carbocycles. The molecule has 1 fully saturated rings. The lowest BCUT2D eigenvalue weighted by Gasteiger charge is -2.36. The molecule has 1 aliphatic heterocycles. The maximum atomic E-state index is 5.89. The molecule has 5 N–H and O–H groups in total. The summed E-state index contributed by atoms with van der Waals surface area (Å²) in [6, 6.07) is 0. The van der Waals surface area contributed by atoms with E-state index >= 15 is 0 Å². The van der Waals surface area contributed by atoms with Gasteiger partial charge in [-0.25, -0.2) is 4.68 Å². The summed E-state index contributed by atoms with van der Waals surface area (Å²) < 4.78 is 1.43. The van der Waals surface area contributed by atoms with Crippen molar-refractivity contribution in [3.05, 3.63) is 5.82 Å². The van der Waals surface area contributed by atoms with Gasteiger partial charge in [-0.1, -0.05) is 13.3 Å². The Morgan fingerprint density at radius 3 is 2.81 bits per heavy atom. The molecule has 0 bridgehead atoms. The second kappa shape index (κ2) is 4.29. The fourth-order valence-electron chi connectivity index (χ4n) is 2.63. The van der Waals surface area contributed by atoms with Gasteiger partial charge in [-0.05, 0) is 25.8 Å². The number of hydrogen-bond acceptors (Lipinski definition) is 5. The minimum absolute atomic E-state index is 0.00632. The molecule has 2 rings (SSSR count). The number of aromatic nitrogens is 3. The second-order valence-corrected chi connectivity index (χ2v) is 4.56. The highest BCUT2D eigenvalue weighted by atomic mass is 15.4. The Labute approximate surface area is 95.4 Å². The van der Waals surface area contributed by atoms with E-state index < -0.39 is 0 Å². The van der Waals surface area contributed by atoms with E-state index in [1.54, 1.807) is 0 Å². The third kappa shape index (κ3) is 1.73. The van der Waals surface area contributed by atoms with Crippen LogP contribution in [0.1, 0.15) is 38.4 Å². The first kappa shape index (κ1) is 11.2. The van der Waals surface area contributed by atoms with Crippen molar-refractivity contribution in [1.29, 1.82) is 0 Å². The first-order valence-corrected chi connectivity index (χ1v) is 5.87. The van der Waals surface area contributed by atoms with Crippen LogP contribution < -0.4 is 16.9 Å². The second-order valence-electron chi connectivity index (χ2n) is 4.56. The average Bonchev–Trinajstić information content (AvgIpc) is 2.62. The van der Waals surface area contributed by atoms with Crippen molar-refractivity contribution < 1.29 is 0 Å². The summed E-state index contributed by atoms with van der Waals surface area (Å²) in [5.74, 6) is 6.99. The van der Waals surface area contributed by atoms with Crippen molar-refractivity contribution in [3.63, 3.8) is 0 Å². The molecule has 6 nitrogen and oxygen atoms in total. The van der Waals surface area contributed by atoms with Gasteiger partial charge in [0.25, 0.3) is 0 Å². The number of anilines is 1. The molecule has 0 saturated carbocycles. The Morgan fingerprint density at radius 2 is 2.31 bits per heavy atom. The molecule has 1 aromatic heterocycles. The highest BCUT2D eigenvalue weighted by molar-refractivity contribution is 5.23. The molecule has 90 valence electrons. The van der Waals surface area contributed by atoms with Crippen LogP contribution in [0.25, 0.3) is 0 Å². The zero-order valence-electron chi connectivity index (χ0n) is 9.74. The Bertz CT molecular complexity index is 347. The number of nitrogen functional groups attached to an aromatic ring is 2. The first-order chi connectivity index (χ1) is 7.69. The number of nitrogens with zero attached hydrogens (tertiary/aromatic N) is 3. The van der Waals surface area contributed by atoms with Crippen molar-refractivity contribution in [2.45, 2.75) is 38.0 Å². The van der Waals surface area contributed by atoms with E-state index in [9.17, 15) is 0 Å². The van der Waals surface area contributed by atoms with Crippen LogP contribution in [0, 0.1) is 0 Å². The first-order valence-electron chi connectivity index (χ1n) is 5.87. The van der Waals surface area contributed by atoms with E-state index in [4.69, 9.17) is 11.6 Å². The van der Waals surface area contributed by atoms with E-state index in [0.29, 0.717) is 0 Å². The van der Waals surface area contributed by atoms with Crippen molar-refractivity contribution in [2.24, 2.45) is 0 Å². The summed E-state index contributed by atoms with van der Waals surface area (Å²) in [5, 5.41) is 11.4. The van der Waals surface area contributed by atoms with Gasteiger partial charge in [0.1, 0.15) is 0 Å². The predicted octanol–water partition coefficient (Wildman–Crippen LogP) is -0.00460. The summed E-state index contributed by atoms with van der Waals surface area (Å²) in [6.45, 7) is 4.16. The molecule has 16 heavy (non-hydrogen) atoms. The lowest BCUT2D eigenvalue weighted by atomic mass is 9.76. The van der Waals surface area contributed by atoms with Gasteiger partial charge in [-0.15, -0.1) is 10.2 Å². The topological polar surface area (TPSA) is 94.8 Å². The molecule has 1 unspecified atom stereocenters. The van der Waals surface area contributed by atoms with Gasteiger partial charge >= 0.3 is 0 Å². The minimum Gasteiger partial charge on any atom is -0.366 e. The molecular formula is C10H20N6. The van der Waals surface area contributed by atoms with Gasteiger partial charge < -0.3 is 16.9 Å². The fraction of sp³-hybridized carbons (Fsp3) is 0.800. The van der Waals surface area contributed by atoms with Gasteiger partial charge in [-0.3, -0.25) is 0 Å². The predicted molar refractivity (Wildman–Crippen MR) is 63.3 cm³/mol. The van der Waals surface area contributed by atoms with E-state index in [1.807, 2.05) is 0 Å². The van der Waals surface area contributed by atoms with E-state index in [2.05, 4.69) is 22.4 Å². The fourth-order valence-corrected chi connectivity index (χ4v) is 2.63. The summed E-state index contributed by atoms with van der Waals surface area (Å²) in [6.07, 6.45) is 4.42. The highest BCUT2D eigenvalue weighted by Gasteiger charge is 2.37. The smallest absolute Gasteiger partial charge is 0.240 e. The molecule has 1 atom stereocenters. The van der Waals surface area contributed by atoms with Crippen LogP contribution in [-0.2, 0) is 5.41 Å². The van der Waals surface area contributed by atoms with Gasteiger partial charge in [-0.2, -0.15) is 0 Å². The van der Waals surface area contributed by atoms with Crippen LogP contribution in [0.15, 0.2) is 0 Å². The lowest BCUT2D eigenvalue weighted by molar-refractivity contribution is 0.271. The minimum atomic E-state index is 0.00632. The van der Waals surface area contributed by atoms with Crippen LogP contribution in [0.2, 0.25) is 0 Å². The zero-order valence-corrected chi connectivity index (χ0v) is 9.74. The SMILES string of the molecule is CCCC1(c2nnc(N)n2N)CCCNC1. The molecule has 0 amide bonds. The zero-order chi connectivity index (χ0) is 11.6.